The normalized spacial score (nSPS) is 17.7. The minimum absolute atomic E-state index is 0.114. The number of nitrogens with two attached hydrogens (primary N) is 1. The molecule has 2 saturated heterocycles. The second kappa shape index (κ2) is 11.8. The number of hydrogen-bond acceptors (Lipinski definition) is 5. The number of hydrogen-bond donors (Lipinski definition) is 2. The summed E-state index contributed by atoms with van der Waals surface area (Å²) in [4.78, 5) is 13.7. The van der Waals surface area contributed by atoms with Crippen LogP contribution < -0.4 is 15.4 Å². The number of carbonyl (C=O) groups is 1. The maximum atomic E-state index is 15.6. The SMILES string of the molecule is CC(N)c1cccc(-c2cc(COc3ccccc3CC(=O)O)cc(N3CCC4(CCOCC4)CC3)c2)c1F. The molecule has 0 saturated carbocycles. The molecule has 0 radical (unpaired) electrons. The number of aliphatic carboxylic acids is 1. The van der Waals surface area contributed by atoms with E-state index in [-0.39, 0.29) is 18.8 Å². The highest BCUT2D eigenvalue weighted by Gasteiger charge is 2.36. The van der Waals surface area contributed by atoms with Gasteiger partial charge in [0.1, 0.15) is 18.2 Å². The van der Waals surface area contributed by atoms with Gasteiger partial charge in [-0.25, -0.2) is 4.39 Å². The van der Waals surface area contributed by atoms with Gasteiger partial charge in [-0.05, 0) is 73.4 Å². The molecule has 6 nitrogen and oxygen atoms in total. The Balaban J connectivity index is 1.45. The number of piperidine rings is 1. The molecule has 5 rings (SSSR count). The van der Waals surface area contributed by atoms with Crippen molar-refractivity contribution in [1.82, 2.24) is 0 Å². The zero-order valence-electron chi connectivity index (χ0n) is 22.5. The Morgan fingerprint density at radius 1 is 1.08 bits per heavy atom. The average Bonchev–Trinajstić information content (AvgIpc) is 2.93. The molecule has 2 fully saturated rings. The van der Waals surface area contributed by atoms with Crippen LogP contribution in [0.4, 0.5) is 10.1 Å². The van der Waals surface area contributed by atoms with Gasteiger partial charge in [0.25, 0.3) is 0 Å². The minimum atomic E-state index is -0.910. The molecule has 3 aromatic carbocycles. The van der Waals surface area contributed by atoms with Crippen molar-refractivity contribution in [2.24, 2.45) is 11.1 Å². The molecule has 0 amide bonds. The van der Waals surface area contributed by atoms with E-state index in [1.54, 1.807) is 37.3 Å². The predicted molar refractivity (Wildman–Crippen MR) is 150 cm³/mol. The molecule has 7 heteroatoms. The zero-order chi connectivity index (χ0) is 27.4. The van der Waals surface area contributed by atoms with Crippen molar-refractivity contribution in [2.75, 3.05) is 31.2 Å². The Hall–Kier alpha value is -3.42. The number of carboxylic acid groups (broad SMARTS) is 1. The first-order valence-corrected chi connectivity index (χ1v) is 13.8. The Morgan fingerprint density at radius 3 is 2.54 bits per heavy atom. The largest absolute Gasteiger partial charge is 0.489 e. The lowest BCUT2D eigenvalue weighted by atomic mass is 9.72. The Kier molecular flexibility index (Phi) is 8.19. The third kappa shape index (κ3) is 6.26. The van der Waals surface area contributed by atoms with Crippen LogP contribution in [0, 0.1) is 11.2 Å². The van der Waals surface area contributed by atoms with E-state index in [2.05, 4.69) is 17.0 Å². The van der Waals surface area contributed by atoms with Crippen molar-refractivity contribution in [3.05, 3.63) is 83.2 Å². The molecular formula is C32H37FN2O4. The standard InChI is InChI=1S/C32H37FN2O4/c1-22(34)27-6-4-7-28(31(27)33)25-17-23(21-39-29-8-3-2-5-24(29)20-30(36)37)18-26(19-25)35-13-9-32(10-14-35)11-15-38-16-12-32/h2-8,17-19,22H,9-16,20-21,34H2,1H3,(H,36,37). The van der Waals surface area contributed by atoms with Gasteiger partial charge in [0.15, 0.2) is 0 Å². The van der Waals surface area contributed by atoms with Crippen LogP contribution in [0.1, 0.15) is 55.3 Å². The van der Waals surface area contributed by atoms with Crippen LogP contribution in [0.15, 0.2) is 60.7 Å². The highest BCUT2D eigenvalue weighted by molar-refractivity contribution is 5.72. The van der Waals surface area contributed by atoms with E-state index >= 15 is 4.39 Å². The van der Waals surface area contributed by atoms with Crippen LogP contribution in [0.3, 0.4) is 0 Å². The van der Waals surface area contributed by atoms with Crippen LogP contribution >= 0.6 is 0 Å². The van der Waals surface area contributed by atoms with Crippen LogP contribution in [0.25, 0.3) is 11.1 Å². The van der Waals surface area contributed by atoms with Gasteiger partial charge in [-0.15, -0.1) is 0 Å². The Labute approximate surface area is 229 Å². The third-order valence-electron chi connectivity index (χ3n) is 8.26. The fraction of sp³-hybridized carbons (Fsp3) is 0.406. The Morgan fingerprint density at radius 2 is 1.82 bits per heavy atom. The van der Waals surface area contributed by atoms with Crippen molar-refractivity contribution in [2.45, 2.75) is 51.7 Å². The molecule has 2 heterocycles. The molecule has 1 atom stereocenters. The molecule has 2 aliphatic rings. The molecule has 0 aromatic heterocycles. The average molecular weight is 533 g/mol. The topological polar surface area (TPSA) is 85.0 Å². The number of benzene rings is 3. The number of halogens is 1. The van der Waals surface area contributed by atoms with Crippen molar-refractivity contribution in [3.8, 4) is 16.9 Å². The van der Waals surface area contributed by atoms with Gasteiger partial charge in [-0.1, -0.05) is 36.4 Å². The van der Waals surface area contributed by atoms with E-state index in [4.69, 9.17) is 15.2 Å². The fourth-order valence-corrected chi connectivity index (χ4v) is 5.88. The molecule has 0 bridgehead atoms. The summed E-state index contributed by atoms with van der Waals surface area (Å²) in [5.41, 5.74) is 10.7. The first kappa shape index (κ1) is 27.2. The summed E-state index contributed by atoms with van der Waals surface area (Å²) in [6.07, 6.45) is 4.35. The van der Waals surface area contributed by atoms with Gasteiger partial charge in [-0.3, -0.25) is 4.79 Å². The second-order valence-corrected chi connectivity index (χ2v) is 11.0. The molecule has 39 heavy (non-hydrogen) atoms. The predicted octanol–water partition coefficient (Wildman–Crippen LogP) is 6.12. The lowest BCUT2D eigenvalue weighted by molar-refractivity contribution is -0.136. The van der Waals surface area contributed by atoms with Gasteiger partial charge in [-0.2, -0.15) is 0 Å². The number of nitrogens with zero attached hydrogens (tertiary/aromatic N) is 1. The molecule has 3 N–H and O–H groups in total. The van der Waals surface area contributed by atoms with Gasteiger partial charge in [0.2, 0.25) is 0 Å². The summed E-state index contributed by atoms with van der Waals surface area (Å²) >= 11 is 0. The second-order valence-electron chi connectivity index (χ2n) is 11.0. The Bertz CT molecular complexity index is 1310. The van der Waals surface area contributed by atoms with Gasteiger partial charge in [0.05, 0.1) is 6.42 Å². The van der Waals surface area contributed by atoms with Crippen molar-refractivity contribution < 1.29 is 23.8 Å². The molecule has 1 unspecified atom stereocenters. The first-order valence-electron chi connectivity index (χ1n) is 13.8. The quantitative estimate of drug-likeness (QED) is 0.364. The highest BCUT2D eigenvalue weighted by atomic mass is 19.1. The maximum absolute atomic E-state index is 15.6. The lowest BCUT2D eigenvalue weighted by Gasteiger charge is -2.45. The number of rotatable bonds is 8. The lowest BCUT2D eigenvalue weighted by Crippen LogP contribution is -2.43. The summed E-state index contributed by atoms with van der Waals surface area (Å²) in [5, 5.41) is 9.29. The van der Waals surface area contributed by atoms with Crippen molar-refractivity contribution in [3.63, 3.8) is 0 Å². The first-order chi connectivity index (χ1) is 18.8. The molecule has 206 valence electrons. The minimum Gasteiger partial charge on any atom is -0.489 e. The van der Waals surface area contributed by atoms with Gasteiger partial charge in [0, 0.05) is 54.7 Å². The van der Waals surface area contributed by atoms with E-state index in [1.807, 2.05) is 18.2 Å². The van der Waals surface area contributed by atoms with Crippen LogP contribution in [0.5, 0.6) is 5.75 Å². The zero-order valence-corrected chi connectivity index (χ0v) is 22.5. The summed E-state index contributed by atoms with van der Waals surface area (Å²) in [6, 6.07) is 18.3. The highest BCUT2D eigenvalue weighted by Crippen LogP contribution is 2.42. The van der Waals surface area contributed by atoms with Crippen molar-refractivity contribution in [1.29, 1.82) is 0 Å². The number of carboxylic acids is 1. The van der Waals surface area contributed by atoms with Crippen LogP contribution in [0.2, 0.25) is 0 Å². The molecule has 2 aliphatic heterocycles. The third-order valence-corrected chi connectivity index (χ3v) is 8.26. The van der Waals surface area contributed by atoms with Gasteiger partial charge < -0.3 is 25.2 Å². The van der Waals surface area contributed by atoms with Crippen molar-refractivity contribution >= 4 is 11.7 Å². The van der Waals surface area contributed by atoms with Crippen LogP contribution in [-0.4, -0.2) is 37.4 Å². The van der Waals surface area contributed by atoms with Crippen LogP contribution in [-0.2, 0) is 22.6 Å². The molecule has 0 aliphatic carbocycles. The number of anilines is 1. The monoisotopic (exact) mass is 532 g/mol. The fourth-order valence-electron chi connectivity index (χ4n) is 5.88. The van der Waals surface area contributed by atoms with Gasteiger partial charge >= 0.3 is 5.97 Å². The van der Waals surface area contributed by atoms with E-state index in [0.29, 0.717) is 27.9 Å². The summed E-state index contributed by atoms with van der Waals surface area (Å²) in [6.45, 7) is 5.58. The summed E-state index contributed by atoms with van der Waals surface area (Å²) in [5.74, 6) is -0.674. The smallest absolute Gasteiger partial charge is 0.307 e. The summed E-state index contributed by atoms with van der Waals surface area (Å²) < 4.78 is 27.3. The molecule has 3 aromatic rings. The van der Waals surface area contributed by atoms with E-state index in [1.165, 1.54) is 0 Å². The maximum Gasteiger partial charge on any atom is 0.307 e. The summed E-state index contributed by atoms with van der Waals surface area (Å²) in [7, 11) is 0. The number of ether oxygens (including phenoxy) is 2. The van der Waals surface area contributed by atoms with E-state index in [0.717, 1.165) is 68.8 Å². The van der Waals surface area contributed by atoms with E-state index < -0.39 is 12.0 Å². The molecular weight excluding hydrogens is 495 g/mol. The molecule has 1 spiro atoms. The van der Waals surface area contributed by atoms with E-state index in [9.17, 15) is 9.90 Å². The number of para-hydroxylation sites is 1.